The van der Waals surface area contributed by atoms with E-state index < -0.39 is 0 Å². The van der Waals surface area contributed by atoms with Crippen LogP contribution in [0.5, 0.6) is 5.75 Å². The molecule has 3 N–H and O–H groups in total. The second kappa shape index (κ2) is 9.91. The summed E-state index contributed by atoms with van der Waals surface area (Å²) in [4.78, 5) is 5.06. The molecule has 7 nitrogen and oxygen atoms in total. The second-order valence-corrected chi connectivity index (χ2v) is 9.88. The van der Waals surface area contributed by atoms with Crippen LogP contribution in [0.4, 0.5) is 5.82 Å². The van der Waals surface area contributed by atoms with Crippen LogP contribution in [-0.2, 0) is 12.8 Å². The number of pyridine rings is 1. The Morgan fingerprint density at radius 3 is 2.63 bits per heavy atom. The van der Waals surface area contributed by atoms with Crippen molar-refractivity contribution in [1.29, 1.82) is 0 Å². The van der Waals surface area contributed by atoms with Crippen molar-refractivity contribution < 1.29 is 9.26 Å². The molecule has 3 heterocycles. The molecular weight excluding hydrogens is 462 g/mol. The van der Waals surface area contributed by atoms with Crippen LogP contribution in [-0.4, -0.2) is 33.7 Å². The maximum absolute atomic E-state index is 6.36. The van der Waals surface area contributed by atoms with E-state index in [1.54, 1.807) is 7.11 Å². The summed E-state index contributed by atoms with van der Waals surface area (Å²) < 4.78 is 12.8. The number of hydrogen-bond donors (Lipinski definition) is 2. The highest BCUT2D eigenvalue weighted by atomic mass is 35.5. The van der Waals surface area contributed by atoms with Gasteiger partial charge in [0, 0.05) is 23.8 Å². The van der Waals surface area contributed by atoms with Gasteiger partial charge in [0.15, 0.2) is 0 Å². The largest absolute Gasteiger partial charge is 0.495 e. The molecule has 0 radical (unpaired) electrons. The van der Waals surface area contributed by atoms with Gasteiger partial charge in [0.05, 0.1) is 23.5 Å². The molecule has 8 heteroatoms. The molecule has 0 spiro atoms. The first kappa shape index (κ1) is 23.7. The van der Waals surface area contributed by atoms with Crippen LogP contribution < -0.4 is 15.8 Å². The molecule has 3 aromatic heterocycles. The van der Waals surface area contributed by atoms with E-state index in [4.69, 9.17) is 31.6 Å². The van der Waals surface area contributed by atoms with Gasteiger partial charge in [0.1, 0.15) is 23.0 Å². The predicted molar refractivity (Wildman–Crippen MR) is 139 cm³/mol. The molecule has 1 fully saturated rings. The topological polar surface area (TPSA) is 90.6 Å². The van der Waals surface area contributed by atoms with E-state index in [1.807, 2.05) is 26.0 Å². The Labute approximate surface area is 210 Å². The molecule has 0 aliphatic heterocycles. The summed E-state index contributed by atoms with van der Waals surface area (Å²) in [5.41, 5.74) is 12.2. The van der Waals surface area contributed by atoms with Gasteiger partial charge in [-0.25, -0.2) is 4.98 Å². The third-order valence-electron chi connectivity index (χ3n) is 7.00. The van der Waals surface area contributed by atoms with Gasteiger partial charge in [-0.05, 0) is 87.8 Å². The number of ether oxygens (including phenoxy) is 1. The van der Waals surface area contributed by atoms with E-state index in [1.165, 1.54) is 0 Å². The van der Waals surface area contributed by atoms with E-state index in [2.05, 4.69) is 39.3 Å². The lowest BCUT2D eigenvalue weighted by atomic mass is 9.92. The minimum absolute atomic E-state index is 0.312. The second-order valence-electron chi connectivity index (χ2n) is 9.47. The number of halogens is 1. The summed E-state index contributed by atoms with van der Waals surface area (Å²) in [5, 5.41) is 8.55. The number of aromatic nitrogens is 3. The van der Waals surface area contributed by atoms with E-state index in [-0.39, 0.29) is 0 Å². The van der Waals surface area contributed by atoms with Crippen LogP contribution >= 0.6 is 11.6 Å². The summed E-state index contributed by atoms with van der Waals surface area (Å²) in [6.45, 7) is 3.91. The van der Waals surface area contributed by atoms with E-state index in [0.717, 1.165) is 83.8 Å². The normalized spacial score (nSPS) is 18.2. The number of benzene rings is 1. The first-order chi connectivity index (χ1) is 16.9. The number of nitrogens with one attached hydrogen (secondary N) is 1. The fraction of sp³-hybridized carbons (Fsp3) is 0.407. The Morgan fingerprint density at radius 2 is 1.94 bits per heavy atom. The lowest BCUT2D eigenvalue weighted by molar-refractivity contribution is 0.393. The minimum Gasteiger partial charge on any atom is -0.495 e. The van der Waals surface area contributed by atoms with E-state index >= 15 is 0 Å². The highest BCUT2D eigenvalue weighted by Gasteiger charge is 2.22. The van der Waals surface area contributed by atoms with Crippen molar-refractivity contribution in [2.45, 2.75) is 64.5 Å². The highest BCUT2D eigenvalue weighted by molar-refractivity contribution is 6.32. The van der Waals surface area contributed by atoms with Gasteiger partial charge >= 0.3 is 0 Å². The molecule has 1 saturated carbocycles. The molecule has 0 unspecified atom stereocenters. The molecule has 35 heavy (non-hydrogen) atoms. The smallest absolute Gasteiger partial charge is 0.141 e. The number of fused-ring (bicyclic) bond motifs is 1. The van der Waals surface area contributed by atoms with Crippen molar-refractivity contribution >= 4 is 23.1 Å². The van der Waals surface area contributed by atoms with Crippen molar-refractivity contribution in [2.24, 2.45) is 5.73 Å². The van der Waals surface area contributed by atoms with Gasteiger partial charge < -0.3 is 20.3 Å². The van der Waals surface area contributed by atoms with Gasteiger partial charge in [-0.3, -0.25) is 4.40 Å². The molecule has 0 amide bonds. The zero-order valence-corrected chi connectivity index (χ0v) is 21.2. The van der Waals surface area contributed by atoms with Crippen molar-refractivity contribution in [3.05, 3.63) is 64.3 Å². The lowest BCUT2D eigenvalue weighted by Gasteiger charge is -2.27. The Morgan fingerprint density at radius 1 is 1.14 bits per heavy atom. The van der Waals surface area contributed by atoms with E-state index in [0.29, 0.717) is 22.9 Å². The zero-order chi connectivity index (χ0) is 24.5. The molecule has 5 rings (SSSR count). The Bertz CT molecular complexity index is 1320. The SMILES string of the molecule is COc1ccc(CCc2nc3cc(-c4c(C)noc4C)ccn3c2NC2CCC(N)CC2)cc1Cl. The Kier molecular flexibility index (Phi) is 6.71. The highest BCUT2D eigenvalue weighted by Crippen LogP contribution is 2.31. The molecule has 1 aromatic carbocycles. The number of hydrogen-bond acceptors (Lipinski definition) is 6. The lowest BCUT2D eigenvalue weighted by Crippen LogP contribution is -2.33. The quantitative estimate of drug-likeness (QED) is 0.341. The average Bonchev–Trinajstić information content (AvgIpc) is 3.37. The maximum Gasteiger partial charge on any atom is 0.141 e. The van der Waals surface area contributed by atoms with Crippen LogP contribution in [0.15, 0.2) is 41.1 Å². The number of methoxy groups -OCH3 is 1. The van der Waals surface area contributed by atoms with Gasteiger partial charge in [0.25, 0.3) is 0 Å². The molecule has 4 aromatic rings. The summed E-state index contributed by atoms with van der Waals surface area (Å²) in [7, 11) is 1.63. The Balaban J connectivity index is 1.48. The van der Waals surface area contributed by atoms with Crippen LogP contribution in [0.2, 0.25) is 5.02 Å². The standard InChI is InChI=1S/C27H32ClN5O2/c1-16-26(17(2)35-32-16)19-12-13-33-25(15-19)31-23(27(33)30-21-8-6-20(29)7-9-21)10-4-18-5-11-24(34-3)22(28)14-18/h5,11-15,20-21,30H,4,6-10,29H2,1-3H3. The van der Waals surface area contributed by atoms with Gasteiger partial charge in [-0.1, -0.05) is 22.8 Å². The summed E-state index contributed by atoms with van der Waals surface area (Å²) in [6, 6.07) is 10.9. The minimum atomic E-state index is 0.312. The fourth-order valence-electron chi connectivity index (χ4n) is 5.06. The third-order valence-corrected chi connectivity index (χ3v) is 7.30. The summed E-state index contributed by atoms with van der Waals surface area (Å²) in [5.74, 6) is 2.56. The summed E-state index contributed by atoms with van der Waals surface area (Å²) in [6.07, 6.45) is 7.94. The summed E-state index contributed by atoms with van der Waals surface area (Å²) >= 11 is 6.36. The van der Waals surface area contributed by atoms with Crippen molar-refractivity contribution in [1.82, 2.24) is 14.5 Å². The zero-order valence-electron chi connectivity index (χ0n) is 20.5. The molecule has 0 bridgehead atoms. The van der Waals surface area contributed by atoms with Crippen molar-refractivity contribution in [3.63, 3.8) is 0 Å². The van der Waals surface area contributed by atoms with Gasteiger partial charge in [-0.2, -0.15) is 0 Å². The maximum atomic E-state index is 6.36. The number of rotatable bonds is 7. The number of nitrogens with two attached hydrogens (primary N) is 1. The number of imidazole rings is 1. The Hall–Kier alpha value is -3.03. The van der Waals surface area contributed by atoms with Crippen LogP contribution in [0.3, 0.4) is 0 Å². The molecule has 1 aliphatic rings. The first-order valence-corrected chi connectivity index (χ1v) is 12.6. The fourth-order valence-corrected chi connectivity index (χ4v) is 5.34. The van der Waals surface area contributed by atoms with Crippen LogP contribution in [0.25, 0.3) is 16.8 Å². The van der Waals surface area contributed by atoms with Crippen LogP contribution in [0.1, 0.15) is 48.4 Å². The number of aryl methyl sites for hydroxylation is 4. The average molecular weight is 494 g/mol. The molecule has 0 atom stereocenters. The number of nitrogens with zero attached hydrogens (tertiary/aromatic N) is 3. The molecular formula is C27H32ClN5O2. The molecule has 1 aliphatic carbocycles. The monoisotopic (exact) mass is 493 g/mol. The number of anilines is 1. The van der Waals surface area contributed by atoms with Crippen LogP contribution in [0, 0.1) is 13.8 Å². The van der Waals surface area contributed by atoms with Crippen molar-refractivity contribution in [3.8, 4) is 16.9 Å². The van der Waals surface area contributed by atoms with Crippen molar-refractivity contribution in [2.75, 3.05) is 12.4 Å². The van der Waals surface area contributed by atoms with Gasteiger partial charge in [-0.15, -0.1) is 0 Å². The van der Waals surface area contributed by atoms with Gasteiger partial charge in [0.2, 0.25) is 0 Å². The third kappa shape index (κ3) is 4.88. The molecule has 184 valence electrons. The predicted octanol–water partition coefficient (Wildman–Crippen LogP) is 5.74. The first-order valence-electron chi connectivity index (χ1n) is 12.2. The molecule has 0 saturated heterocycles. The van der Waals surface area contributed by atoms with E-state index in [9.17, 15) is 0 Å².